The predicted molar refractivity (Wildman–Crippen MR) is 151 cm³/mol. The van der Waals surface area contributed by atoms with E-state index in [4.69, 9.17) is 0 Å². The zero-order chi connectivity index (χ0) is 25.1. The van der Waals surface area contributed by atoms with E-state index in [2.05, 4.69) is 12.2 Å². The largest absolute Gasteiger partial charge is 0.354 e. The molecule has 0 radical (unpaired) electrons. The second-order valence-corrected chi connectivity index (χ2v) is 11.2. The summed E-state index contributed by atoms with van der Waals surface area (Å²) in [7, 11) is 0. The fourth-order valence-corrected chi connectivity index (χ4v) is 6.45. The van der Waals surface area contributed by atoms with Crippen molar-refractivity contribution in [3.63, 3.8) is 0 Å². The van der Waals surface area contributed by atoms with Crippen LogP contribution >= 0.6 is 11.8 Å². The van der Waals surface area contributed by atoms with Crippen LogP contribution in [0.1, 0.15) is 128 Å². The van der Waals surface area contributed by atoms with Crippen molar-refractivity contribution in [3.05, 3.63) is 35.9 Å². The van der Waals surface area contributed by atoms with Crippen LogP contribution in [0.5, 0.6) is 0 Å². The molecule has 1 aliphatic rings. The van der Waals surface area contributed by atoms with Gasteiger partial charge in [0.05, 0.1) is 0 Å². The minimum absolute atomic E-state index is 0.00732. The average molecular weight is 503 g/mol. The van der Waals surface area contributed by atoms with E-state index in [9.17, 15) is 9.59 Å². The van der Waals surface area contributed by atoms with Gasteiger partial charge in [-0.1, -0.05) is 134 Å². The van der Waals surface area contributed by atoms with Gasteiger partial charge >= 0.3 is 0 Å². The number of carbonyl (C=O) groups excluding carboxylic acids is 2. The lowest BCUT2D eigenvalue weighted by Crippen LogP contribution is -2.47. The van der Waals surface area contributed by atoms with Crippen LogP contribution in [-0.2, 0) is 9.59 Å². The van der Waals surface area contributed by atoms with E-state index in [1.807, 2.05) is 30.3 Å². The molecule has 0 saturated carbocycles. The zero-order valence-electron chi connectivity index (χ0n) is 22.4. The molecule has 1 aliphatic heterocycles. The maximum Gasteiger partial charge on any atom is 0.243 e. The first kappa shape index (κ1) is 29.7. The molecule has 4 nitrogen and oxygen atoms in total. The molecule has 2 rings (SSSR count). The molecule has 0 bridgehead atoms. The van der Waals surface area contributed by atoms with Crippen LogP contribution in [0.3, 0.4) is 0 Å². The Morgan fingerprint density at radius 2 is 1.29 bits per heavy atom. The zero-order valence-corrected chi connectivity index (χ0v) is 23.3. The van der Waals surface area contributed by atoms with E-state index in [1.165, 1.54) is 96.3 Å². The SMILES string of the molecule is CCCCCCCCCCCCCCCCCCNC(=O)[C@H]1CSC(c2ccccc2)N1C(C)=O. The van der Waals surface area contributed by atoms with E-state index < -0.39 is 0 Å². The molecule has 2 amide bonds. The Labute approximate surface area is 219 Å². The number of benzene rings is 1. The van der Waals surface area contributed by atoms with Crippen LogP contribution < -0.4 is 5.32 Å². The smallest absolute Gasteiger partial charge is 0.243 e. The van der Waals surface area contributed by atoms with Gasteiger partial charge in [0.25, 0.3) is 0 Å². The molecule has 0 aromatic heterocycles. The molecule has 198 valence electrons. The molecule has 2 atom stereocenters. The van der Waals surface area contributed by atoms with Gasteiger partial charge in [-0.25, -0.2) is 0 Å². The summed E-state index contributed by atoms with van der Waals surface area (Å²) >= 11 is 1.68. The van der Waals surface area contributed by atoms with Crippen molar-refractivity contribution in [1.29, 1.82) is 0 Å². The number of unbranched alkanes of at least 4 members (excludes halogenated alkanes) is 15. The molecule has 1 unspecified atom stereocenters. The van der Waals surface area contributed by atoms with Crippen LogP contribution in [-0.4, -0.2) is 35.1 Å². The van der Waals surface area contributed by atoms with Crippen LogP contribution in [0.4, 0.5) is 0 Å². The monoisotopic (exact) mass is 502 g/mol. The van der Waals surface area contributed by atoms with Gasteiger partial charge < -0.3 is 10.2 Å². The molecule has 1 fully saturated rings. The lowest BCUT2D eigenvalue weighted by molar-refractivity contribution is -0.138. The van der Waals surface area contributed by atoms with Crippen molar-refractivity contribution >= 4 is 23.6 Å². The van der Waals surface area contributed by atoms with E-state index >= 15 is 0 Å². The lowest BCUT2D eigenvalue weighted by atomic mass is 10.0. The lowest BCUT2D eigenvalue weighted by Gasteiger charge is -2.27. The topological polar surface area (TPSA) is 49.4 Å². The van der Waals surface area contributed by atoms with Crippen molar-refractivity contribution in [2.24, 2.45) is 0 Å². The Morgan fingerprint density at radius 3 is 1.77 bits per heavy atom. The van der Waals surface area contributed by atoms with Crippen LogP contribution in [0, 0.1) is 0 Å². The van der Waals surface area contributed by atoms with Gasteiger partial charge in [0, 0.05) is 19.2 Å². The summed E-state index contributed by atoms with van der Waals surface area (Å²) < 4.78 is 0. The highest BCUT2D eigenvalue weighted by Crippen LogP contribution is 2.41. The van der Waals surface area contributed by atoms with Crippen molar-refractivity contribution in [1.82, 2.24) is 10.2 Å². The van der Waals surface area contributed by atoms with Gasteiger partial charge in [-0.15, -0.1) is 11.8 Å². The Hall–Kier alpha value is -1.49. The van der Waals surface area contributed by atoms with Gasteiger partial charge in [0.2, 0.25) is 11.8 Å². The Balaban J connectivity index is 1.45. The summed E-state index contributed by atoms with van der Waals surface area (Å²) in [6.45, 7) is 4.56. The standard InChI is InChI=1S/C30H50N2O2S/c1-3-4-5-6-7-8-9-10-11-12-13-14-15-16-17-21-24-31-29(34)28-25-35-30(32(28)26(2)33)27-22-19-18-20-23-27/h18-20,22-23,28,30H,3-17,21,24-25H2,1-2H3,(H,31,34)/t28-,30?/m1/s1. The Morgan fingerprint density at radius 1 is 0.800 bits per heavy atom. The molecular formula is C30H50N2O2S. The number of nitrogens with zero attached hydrogens (tertiary/aromatic N) is 1. The van der Waals surface area contributed by atoms with Crippen molar-refractivity contribution in [2.45, 2.75) is 128 Å². The summed E-state index contributed by atoms with van der Waals surface area (Å²) in [6, 6.07) is 9.64. The van der Waals surface area contributed by atoms with Gasteiger partial charge in [0.15, 0.2) is 0 Å². The van der Waals surface area contributed by atoms with Gasteiger partial charge in [-0.05, 0) is 12.0 Å². The van der Waals surface area contributed by atoms with Crippen LogP contribution in [0.25, 0.3) is 0 Å². The first-order chi connectivity index (χ1) is 17.1. The van der Waals surface area contributed by atoms with Crippen molar-refractivity contribution < 1.29 is 9.59 Å². The maximum absolute atomic E-state index is 12.8. The van der Waals surface area contributed by atoms with Gasteiger partial charge in [0.1, 0.15) is 11.4 Å². The van der Waals surface area contributed by atoms with Crippen LogP contribution in [0.2, 0.25) is 0 Å². The minimum Gasteiger partial charge on any atom is -0.354 e. The second-order valence-electron chi connectivity index (χ2n) is 10.1. The van der Waals surface area contributed by atoms with Crippen LogP contribution in [0.15, 0.2) is 30.3 Å². The van der Waals surface area contributed by atoms with Gasteiger partial charge in [-0.2, -0.15) is 0 Å². The fraction of sp³-hybridized carbons (Fsp3) is 0.733. The third-order valence-electron chi connectivity index (χ3n) is 7.08. The average Bonchev–Trinajstić information content (AvgIpc) is 3.32. The van der Waals surface area contributed by atoms with E-state index in [1.54, 1.807) is 23.6 Å². The minimum atomic E-state index is -0.372. The molecule has 1 heterocycles. The first-order valence-electron chi connectivity index (χ1n) is 14.4. The van der Waals surface area contributed by atoms with Crippen molar-refractivity contribution in [3.8, 4) is 0 Å². The number of carbonyl (C=O) groups is 2. The maximum atomic E-state index is 12.8. The van der Waals surface area contributed by atoms with E-state index in [0.717, 1.165) is 12.0 Å². The number of nitrogens with one attached hydrogen (secondary N) is 1. The third-order valence-corrected chi connectivity index (χ3v) is 8.40. The van der Waals surface area contributed by atoms with Gasteiger partial charge in [-0.3, -0.25) is 9.59 Å². The van der Waals surface area contributed by atoms with E-state index in [0.29, 0.717) is 12.3 Å². The molecular weight excluding hydrogens is 452 g/mol. The first-order valence-corrected chi connectivity index (χ1v) is 15.4. The summed E-state index contributed by atoms with van der Waals surface area (Å²) in [4.78, 5) is 26.8. The molecule has 1 aromatic carbocycles. The molecule has 35 heavy (non-hydrogen) atoms. The summed E-state index contributed by atoms with van der Waals surface area (Å²) in [5.41, 5.74) is 1.08. The molecule has 0 aliphatic carbocycles. The highest BCUT2D eigenvalue weighted by atomic mass is 32.2. The third kappa shape index (κ3) is 11.9. The Bertz CT molecular complexity index is 697. The molecule has 0 spiro atoms. The van der Waals surface area contributed by atoms with Crippen molar-refractivity contribution in [2.75, 3.05) is 12.3 Å². The molecule has 1 saturated heterocycles. The quantitative estimate of drug-likeness (QED) is 0.195. The number of amides is 2. The highest BCUT2D eigenvalue weighted by molar-refractivity contribution is 7.99. The normalized spacial score (nSPS) is 17.6. The second kappa shape index (κ2) is 18.7. The Kier molecular flexibility index (Phi) is 15.9. The number of hydrogen-bond donors (Lipinski definition) is 1. The highest BCUT2D eigenvalue weighted by Gasteiger charge is 2.40. The molecule has 1 N–H and O–H groups in total. The summed E-state index contributed by atoms with van der Waals surface area (Å²) in [5, 5.41) is 3.02. The summed E-state index contributed by atoms with van der Waals surface area (Å²) in [6.07, 6.45) is 21.6. The molecule has 5 heteroatoms. The summed E-state index contributed by atoms with van der Waals surface area (Å²) in [5.74, 6) is 0.614. The number of hydrogen-bond acceptors (Lipinski definition) is 3. The fourth-order valence-electron chi connectivity index (χ4n) is 4.97. The number of thioether (sulfide) groups is 1. The molecule has 1 aromatic rings. The predicted octanol–water partition coefficient (Wildman–Crippen LogP) is 8.03. The van der Waals surface area contributed by atoms with E-state index in [-0.39, 0.29) is 23.2 Å². The number of rotatable bonds is 19.